The molecule has 2 aliphatic rings. The average Bonchev–Trinajstić information content (AvgIpc) is 3.13. The summed E-state index contributed by atoms with van der Waals surface area (Å²) in [5.74, 6) is -0.156. The highest BCUT2D eigenvalue weighted by atomic mass is 16.3. The van der Waals surface area contributed by atoms with E-state index in [2.05, 4.69) is 15.4 Å². The first-order valence-corrected chi connectivity index (χ1v) is 9.26. The molecule has 1 atom stereocenters. The van der Waals surface area contributed by atoms with Crippen molar-refractivity contribution < 1.29 is 14.7 Å². The van der Waals surface area contributed by atoms with Crippen molar-refractivity contribution in [3.63, 3.8) is 0 Å². The Kier molecular flexibility index (Phi) is 4.65. The molecule has 2 aliphatic heterocycles. The minimum absolute atomic E-state index is 0.0810. The lowest BCUT2D eigenvalue weighted by molar-refractivity contribution is 0.0432. The molecule has 0 saturated carbocycles. The van der Waals surface area contributed by atoms with Crippen LogP contribution in [0.2, 0.25) is 0 Å². The van der Waals surface area contributed by atoms with Crippen LogP contribution >= 0.6 is 0 Å². The van der Waals surface area contributed by atoms with E-state index in [9.17, 15) is 14.7 Å². The molecule has 4 heterocycles. The van der Waals surface area contributed by atoms with Crippen molar-refractivity contribution in [1.82, 2.24) is 25.0 Å². The molecule has 0 aliphatic carbocycles. The molecule has 4 rings (SSSR count). The van der Waals surface area contributed by atoms with Crippen LogP contribution in [0.3, 0.4) is 0 Å². The highest BCUT2D eigenvalue weighted by molar-refractivity contribution is 6.02. The van der Waals surface area contributed by atoms with Gasteiger partial charge in [0, 0.05) is 45.3 Å². The van der Waals surface area contributed by atoms with Gasteiger partial charge in [0.15, 0.2) is 0 Å². The zero-order valence-electron chi connectivity index (χ0n) is 15.3. The van der Waals surface area contributed by atoms with Crippen molar-refractivity contribution >= 4 is 11.8 Å². The lowest BCUT2D eigenvalue weighted by Gasteiger charge is -2.34. The van der Waals surface area contributed by atoms with Crippen LogP contribution in [0.4, 0.5) is 0 Å². The zero-order chi connectivity index (χ0) is 19.0. The number of fused-ring (bicyclic) bond motifs is 1. The molecule has 27 heavy (non-hydrogen) atoms. The summed E-state index contributed by atoms with van der Waals surface area (Å²) in [5, 5.41) is 17.5. The number of rotatable bonds is 3. The summed E-state index contributed by atoms with van der Waals surface area (Å²) in [5.41, 5.74) is 2.60. The highest BCUT2D eigenvalue weighted by Gasteiger charge is 2.31. The minimum atomic E-state index is -0.579. The molecule has 0 aromatic carbocycles. The maximum Gasteiger partial charge on any atom is 0.255 e. The van der Waals surface area contributed by atoms with Gasteiger partial charge in [0.05, 0.1) is 22.9 Å². The highest BCUT2D eigenvalue weighted by Crippen LogP contribution is 2.31. The molecule has 1 saturated heterocycles. The number of amides is 2. The van der Waals surface area contributed by atoms with Gasteiger partial charge in [-0.3, -0.25) is 19.3 Å². The molecule has 2 aromatic heterocycles. The second-order valence-electron chi connectivity index (χ2n) is 7.17. The van der Waals surface area contributed by atoms with Gasteiger partial charge in [-0.1, -0.05) is 0 Å². The van der Waals surface area contributed by atoms with Crippen molar-refractivity contribution in [2.75, 3.05) is 19.6 Å². The normalized spacial score (nSPS) is 18.7. The van der Waals surface area contributed by atoms with Crippen LogP contribution in [0, 0.1) is 5.92 Å². The molecule has 8 nitrogen and oxygen atoms in total. The number of carbonyl (C=O) groups is 2. The Hall–Kier alpha value is -2.74. The van der Waals surface area contributed by atoms with E-state index in [4.69, 9.17) is 0 Å². The summed E-state index contributed by atoms with van der Waals surface area (Å²) in [6, 6.07) is 1.83. The quantitative estimate of drug-likeness (QED) is 0.829. The number of nitrogens with one attached hydrogen (secondary N) is 1. The Morgan fingerprint density at radius 3 is 2.81 bits per heavy atom. The first-order chi connectivity index (χ1) is 13.1. The van der Waals surface area contributed by atoms with E-state index < -0.39 is 6.10 Å². The van der Waals surface area contributed by atoms with Gasteiger partial charge in [-0.25, -0.2) is 0 Å². The number of likely N-dealkylation sites (tertiary alicyclic amines) is 1. The fourth-order valence-electron chi connectivity index (χ4n) is 4.04. The molecule has 0 radical (unpaired) electrons. The lowest BCUT2D eigenvalue weighted by atomic mass is 9.89. The Labute approximate surface area is 157 Å². The molecular weight excluding hydrogens is 346 g/mol. The number of nitrogens with zero attached hydrogens (tertiary/aromatic N) is 4. The molecule has 0 spiro atoms. The van der Waals surface area contributed by atoms with Gasteiger partial charge in [-0.05, 0) is 36.8 Å². The van der Waals surface area contributed by atoms with E-state index >= 15 is 0 Å². The Morgan fingerprint density at radius 2 is 2.11 bits per heavy atom. The predicted octanol–water partition coefficient (Wildman–Crippen LogP) is 0.687. The Balaban J connectivity index is 1.46. The summed E-state index contributed by atoms with van der Waals surface area (Å²) in [4.78, 5) is 30.9. The topological polar surface area (TPSA) is 100 Å². The number of hydrogen-bond acceptors (Lipinski definition) is 5. The van der Waals surface area contributed by atoms with E-state index in [1.165, 1.54) is 6.20 Å². The smallest absolute Gasteiger partial charge is 0.255 e. The van der Waals surface area contributed by atoms with Gasteiger partial charge in [0.25, 0.3) is 11.8 Å². The summed E-state index contributed by atoms with van der Waals surface area (Å²) in [6.07, 6.45) is 6.28. The zero-order valence-corrected chi connectivity index (χ0v) is 15.3. The van der Waals surface area contributed by atoms with E-state index in [1.807, 2.05) is 13.1 Å². The van der Waals surface area contributed by atoms with Crippen LogP contribution in [0.25, 0.3) is 0 Å². The van der Waals surface area contributed by atoms with E-state index in [-0.39, 0.29) is 17.7 Å². The third-order valence-corrected chi connectivity index (χ3v) is 5.63. The summed E-state index contributed by atoms with van der Waals surface area (Å²) in [6.45, 7) is 1.69. The van der Waals surface area contributed by atoms with Gasteiger partial charge in [-0.2, -0.15) is 5.10 Å². The van der Waals surface area contributed by atoms with Crippen molar-refractivity contribution in [3.8, 4) is 0 Å². The molecule has 1 unspecified atom stereocenters. The summed E-state index contributed by atoms with van der Waals surface area (Å²) in [7, 11) is 1.82. The number of aryl methyl sites for hydroxylation is 1. The number of hydrogen-bond donors (Lipinski definition) is 2. The number of carbonyl (C=O) groups excluding carboxylic acids is 2. The van der Waals surface area contributed by atoms with Gasteiger partial charge < -0.3 is 15.3 Å². The maximum absolute atomic E-state index is 13.0. The Bertz CT molecular complexity index is 870. The van der Waals surface area contributed by atoms with Crippen LogP contribution < -0.4 is 5.32 Å². The maximum atomic E-state index is 13.0. The SMILES string of the molecule is Cn1nccc1C(O)C1CCN(C(=O)c2cncc3c2CCNC3=O)CC1. The second-order valence-corrected chi connectivity index (χ2v) is 7.17. The number of aliphatic hydroxyl groups excluding tert-OH is 1. The van der Waals surface area contributed by atoms with Gasteiger partial charge >= 0.3 is 0 Å². The van der Waals surface area contributed by atoms with Crippen molar-refractivity contribution in [3.05, 3.63) is 47.0 Å². The van der Waals surface area contributed by atoms with E-state index in [0.29, 0.717) is 37.2 Å². The Morgan fingerprint density at radius 1 is 1.33 bits per heavy atom. The number of pyridine rings is 1. The standard InChI is InChI=1S/C19H23N5O3/c1-23-16(3-7-22-23)17(25)12-4-8-24(9-5-12)19(27)15-11-20-10-14-13(15)2-6-21-18(14)26/h3,7,10-12,17,25H,2,4-6,8-9H2,1H3,(H,21,26). The number of aliphatic hydroxyl groups is 1. The molecular formula is C19H23N5O3. The number of piperidine rings is 1. The van der Waals surface area contributed by atoms with E-state index in [1.54, 1.807) is 22.0 Å². The molecule has 2 aromatic rings. The molecule has 0 bridgehead atoms. The van der Waals surface area contributed by atoms with Gasteiger partial charge in [0.1, 0.15) is 0 Å². The van der Waals surface area contributed by atoms with Crippen molar-refractivity contribution in [2.45, 2.75) is 25.4 Å². The third-order valence-electron chi connectivity index (χ3n) is 5.63. The fourth-order valence-corrected chi connectivity index (χ4v) is 4.04. The van der Waals surface area contributed by atoms with Crippen LogP contribution in [0.5, 0.6) is 0 Å². The van der Waals surface area contributed by atoms with Crippen LogP contribution in [-0.2, 0) is 13.5 Å². The fraction of sp³-hybridized carbons (Fsp3) is 0.474. The molecule has 142 valence electrons. The molecule has 1 fully saturated rings. The molecule has 2 N–H and O–H groups in total. The second kappa shape index (κ2) is 7.11. The van der Waals surface area contributed by atoms with Gasteiger partial charge in [0.2, 0.25) is 0 Å². The first kappa shape index (κ1) is 17.7. The first-order valence-electron chi connectivity index (χ1n) is 9.26. The summed E-state index contributed by atoms with van der Waals surface area (Å²) < 4.78 is 1.69. The monoisotopic (exact) mass is 369 g/mol. The molecule has 8 heteroatoms. The van der Waals surface area contributed by atoms with Crippen molar-refractivity contribution in [1.29, 1.82) is 0 Å². The summed E-state index contributed by atoms with van der Waals surface area (Å²) >= 11 is 0. The van der Waals surface area contributed by atoms with Crippen LogP contribution in [0.1, 0.15) is 50.9 Å². The largest absolute Gasteiger partial charge is 0.387 e. The minimum Gasteiger partial charge on any atom is -0.387 e. The van der Waals surface area contributed by atoms with Crippen LogP contribution in [0.15, 0.2) is 24.7 Å². The predicted molar refractivity (Wildman–Crippen MR) is 97.1 cm³/mol. The van der Waals surface area contributed by atoms with E-state index in [0.717, 1.165) is 24.1 Å². The lowest BCUT2D eigenvalue weighted by Crippen LogP contribution is -2.41. The van der Waals surface area contributed by atoms with Crippen molar-refractivity contribution in [2.24, 2.45) is 13.0 Å². The number of aromatic nitrogens is 3. The van der Waals surface area contributed by atoms with Crippen LogP contribution in [-0.4, -0.2) is 56.2 Å². The third kappa shape index (κ3) is 3.21. The average molecular weight is 369 g/mol. The molecule has 2 amide bonds. The van der Waals surface area contributed by atoms with Gasteiger partial charge in [-0.15, -0.1) is 0 Å².